The Kier molecular flexibility index (Phi) is 7.41. The minimum atomic E-state index is -5.08. The minimum Gasteiger partial charge on any atom is -0.475 e. The van der Waals surface area contributed by atoms with Crippen LogP contribution >= 0.6 is 11.6 Å². The summed E-state index contributed by atoms with van der Waals surface area (Å²) in [5, 5.41) is 7.12. The number of nitrogens with zero attached hydrogens (tertiary/aromatic N) is 2. The van der Waals surface area contributed by atoms with E-state index in [4.69, 9.17) is 21.5 Å². The highest BCUT2D eigenvalue weighted by molar-refractivity contribution is 6.29. The maximum Gasteiger partial charge on any atom is 0.490 e. The number of likely N-dealkylation sites (N-methyl/N-ethyl adjacent to an activating group) is 1. The van der Waals surface area contributed by atoms with E-state index >= 15 is 0 Å². The molecule has 1 aliphatic heterocycles. The Balaban J connectivity index is 0.000000486. The van der Waals surface area contributed by atoms with Gasteiger partial charge in [-0.3, -0.25) is 9.59 Å². The molecular formula is C10H13ClF4N2O4. The van der Waals surface area contributed by atoms with Crippen molar-refractivity contribution in [2.75, 3.05) is 26.7 Å². The van der Waals surface area contributed by atoms with E-state index in [1.54, 1.807) is 7.05 Å². The van der Waals surface area contributed by atoms with E-state index in [2.05, 4.69) is 0 Å². The molecule has 0 aromatic heterocycles. The Bertz CT molecular complexity index is 403. The van der Waals surface area contributed by atoms with Crippen LogP contribution in [-0.4, -0.2) is 71.2 Å². The standard InChI is InChI=1S/C8H12ClFN2O2.C2HF3O2/c1-11-4-5-12(3-2-6(11)13)8(14)7(9)10;3-2(4,5)1(6)7/h7H,2-5H2,1H3;(H,6,7). The number of alkyl halides is 5. The van der Waals surface area contributed by atoms with Gasteiger partial charge < -0.3 is 14.9 Å². The fourth-order valence-electron chi connectivity index (χ4n) is 1.29. The number of carbonyl (C=O) groups excluding carboxylic acids is 2. The van der Waals surface area contributed by atoms with Crippen LogP contribution in [0.3, 0.4) is 0 Å². The van der Waals surface area contributed by atoms with Crippen LogP contribution in [0.2, 0.25) is 0 Å². The van der Waals surface area contributed by atoms with Crippen molar-refractivity contribution in [3.63, 3.8) is 0 Å². The van der Waals surface area contributed by atoms with Gasteiger partial charge in [-0.05, 0) is 0 Å². The normalized spacial score (nSPS) is 17.5. The van der Waals surface area contributed by atoms with Gasteiger partial charge in [0.05, 0.1) is 0 Å². The Morgan fingerprint density at radius 1 is 1.29 bits per heavy atom. The average Bonchev–Trinajstić information content (AvgIpc) is 2.51. The lowest BCUT2D eigenvalue weighted by Crippen LogP contribution is -2.37. The molecule has 1 atom stereocenters. The zero-order chi connectivity index (χ0) is 16.8. The zero-order valence-electron chi connectivity index (χ0n) is 10.9. The van der Waals surface area contributed by atoms with Crippen molar-refractivity contribution in [3.05, 3.63) is 0 Å². The van der Waals surface area contributed by atoms with Crippen LogP contribution < -0.4 is 0 Å². The SMILES string of the molecule is CN1CCN(C(=O)C(F)Cl)CCC1=O.O=C(O)C(F)(F)F. The first-order valence-corrected chi connectivity index (χ1v) is 6.01. The van der Waals surface area contributed by atoms with E-state index in [1.165, 1.54) is 9.80 Å². The molecular weight excluding hydrogens is 324 g/mol. The second-order valence-electron chi connectivity index (χ2n) is 3.99. The van der Waals surface area contributed by atoms with E-state index in [-0.39, 0.29) is 18.9 Å². The molecule has 0 saturated carbocycles. The fraction of sp³-hybridized carbons (Fsp3) is 0.700. The summed E-state index contributed by atoms with van der Waals surface area (Å²) in [6.45, 7) is 1.01. The summed E-state index contributed by atoms with van der Waals surface area (Å²) in [6.07, 6.45) is -4.86. The van der Waals surface area contributed by atoms with Gasteiger partial charge >= 0.3 is 12.1 Å². The number of hydrogen-bond donors (Lipinski definition) is 1. The Hall–Kier alpha value is -1.58. The molecule has 11 heteroatoms. The number of carboxylic acid groups (broad SMARTS) is 1. The summed E-state index contributed by atoms with van der Waals surface area (Å²) >= 11 is 5.03. The van der Waals surface area contributed by atoms with Crippen molar-refractivity contribution < 1.29 is 37.1 Å². The quantitative estimate of drug-likeness (QED) is 0.569. The van der Waals surface area contributed by atoms with E-state index in [0.717, 1.165) is 0 Å². The number of carbonyl (C=O) groups is 3. The molecule has 2 amide bonds. The maximum absolute atomic E-state index is 12.5. The summed E-state index contributed by atoms with van der Waals surface area (Å²) in [4.78, 5) is 34.1. The summed E-state index contributed by atoms with van der Waals surface area (Å²) in [6, 6.07) is 0. The van der Waals surface area contributed by atoms with Gasteiger partial charge in [-0.1, -0.05) is 11.6 Å². The van der Waals surface area contributed by atoms with Gasteiger partial charge in [0.2, 0.25) is 5.91 Å². The number of aliphatic carboxylic acids is 1. The highest BCUT2D eigenvalue weighted by atomic mass is 35.5. The summed E-state index contributed by atoms with van der Waals surface area (Å²) in [5.74, 6) is -3.55. The molecule has 1 saturated heterocycles. The van der Waals surface area contributed by atoms with Crippen molar-refractivity contribution in [1.29, 1.82) is 0 Å². The van der Waals surface area contributed by atoms with Crippen LogP contribution in [0.5, 0.6) is 0 Å². The number of rotatable bonds is 1. The van der Waals surface area contributed by atoms with Crippen molar-refractivity contribution in [1.82, 2.24) is 9.80 Å². The molecule has 21 heavy (non-hydrogen) atoms. The smallest absolute Gasteiger partial charge is 0.475 e. The summed E-state index contributed by atoms with van der Waals surface area (Å²) < 4.78 is 44.2. The van der Waals surface area contributed by atoms with E-state index in [9.17, 15) is 27.2 Å². The second kappa shape index (κ2) is 8.01. The largest absolute Gasteiger partial charge is 0.490 e. The van der Waals surface area contributed by atoms with Crippen LogP contribution in [0.1, 0.15) is 6.42 Å². The number of carboxylic acids is 1. The monoisotopic (exact) mass is 336 g/mol. The first kappa shape index (κ1) is 19.4. The van der Waals surface area contributed by atoms with Crippen LogP contribution in [0.4, 0.5) is 17.6 Å². The van der Waals surface area contributed by atoms with Crippen molar-refractivity contribution >= 4 is 29.4 Å². The Labute approximate surface area is 122 Å². The number of halogens is 5. The molecule has 1 aliphatic rings. The van der Waals surface area contributed by atoms with Crippen LogP contribution in [0, 0.1) is 0 Å². The second-order valence-corrected chi connectivity index (χ2v) is 4.38. The fourth-order valence-corrected chi connectivity index (χ4v) is 1.43. The van der Waals surface area contributed by atoms with Gasteiger partial charge in [0.25, 0.3) is 11.5 Å². The van der Waals surface area contributed by atoms with E-state index in [0.29, 0.717) is 13.1 Å². The first-order valence-electron chi connectivity index (χ1n) is 5.57. The van der Waals surface area contributed by atoms with Gasteiger partial charge in [0.15, 0.2) is 0 Å². The maximum atomic E-state index is 12.5. The third-order valence-electron chi connectivity index (χ3n) is 2.47. The Morgan fingerprint density at radius 2 is 1.76 bits per heavy atom. The molecule has 0 spiro atoms. The molecule has 122 valence electrons. The third-order valence-corrected chi connectivity index (χ3v) is 2.65. The molecule has 1 unspecified atom stereocenters. The van der Waals surface area contributed by atoms with E-state index < -0.39 is 23.7 Å². The highest BCUT2D eigenvalue weighted by Gasteiger charge is 2.38. The average molecular weight is 337 g/mol. The van der Waals surface area contributed by atoms with Gasteiger partial charge in [0.1, 0.15) is 0 Å². The third kappa shape index (κ3) is 7.11. The molecule has 1 heterocycles. The van der Waals surface area contributed by atoms with E-state index in [1.807, 2.05) is 0 Å². The van der Waals surface area contributed by atoms with Gasteiger partial charge in [-0.2, -0.15) is 13.2 Å². The predicted octanol–water partition coefficient (Wildman–Crippen LogP) is 0.845. The predicted molar refractivity (Wildman–Crippen MR) is 63.3 cm³/mol. The van der Waals surface area contributed by atoms with Crippen molar-refractivity contribution in [2.24, 2.45) is 0 Å². The molecule has 6 nitrogen and oxygen atoms in total. The van der Waals surface area contributed by atoms with Gasteiger partial charge in [-0.25, -0.2) is 9.18 Å². The Morgan fingerprint density at radius 3 is 2.14 bits per heavy atom. The van der Waals surface area contributed by atoms with Crippen molar-refractivity contribution in [3.8, 4) is 0 Å². The minimum absolute atomic E-state index is 0.0368. The molecule has 1 fully saturated rings. The highest BCUT2D eigenvalue weighted by Crippen LogP contribution is 2.13. The summed E-state index contributed by atoms with van der Waals surface area (Å²) in [5.41, 5.74) is -2.01. The number of hydrogen-bond acceptors (Lipinski definition) is 3. The topological polar surface area (TPSA) is 77.9 Å². The van der Waals surface area contributed by atoms with Crippen molar-refractivity contribution in [2.45, 2.75) is 18.2 Å². The van der Waals surface area contributed by atoms with Crippen LogP contribution in [0.15, 0.2) is 0 Å². The van der Waals surface area contributed by atoms with Crippen LogP contribution in [-0.2, 0) is 14.4 Å². The lowest BCUT2D eigenvalue weighted by atomic mass is 10.3. The molecule has 0 aliphatic carbocycles. The number of amides is 2. The molecule has 0 aromatic carbocycles. The molecule has 1 N–H and O–H groups in total. The molecule has 0 bridgehead atoms. The molecule has 0 aromatic rings. The lowest BCUT2D eigenvalue weighted by molar-refractivity contribution is -0.192. The van der Waals surface area contributed by atoms with Gasteiger partial charge in [-0.15, -0.1) is 0 Å². The lowest BCUT2D eigenvalue weighted by Gasteiger charge is -2.19. The molecule has 1 rings (SSSR count). The zero-order valence-corrected chi connectivity index (χ0v) is 11.6. The summed E-state index contributed by atoms with van der Waals surface area (Å²) in [7, 11) is 1.66. The van der Waals surface area contributed by atoms with Crippen LogP contribution in [0.25, 0.3) is 0 Å². The first-order chi connectivity index (χ1) is 9.46. The van der Waals surface area contributed by atoms with Gasteiger partial charge in [0, 0.05) is 33.1 Å². The molecule has 0 radical (unpaired) electrons.